The van der Waals surface area contributed by atoms with Gasteiger partial charge in [0.2, 0.25) is 0 Å². The molecule has 0 spiro atoms. The Bertz CT molecular complexity index is 846. The van der Waals surface area contributed by atoms with Gasteiger partial charge in [0.15, 0.2) is 5.82 Å². The molecule has 0 amide bonds. The fraction of sp³-hybridized carbons (Fsp3) is 0.188. The standard InChI is InChI=1S/C16H16BrN5O/c1-9-4-5-13(12(17)6-9)20-14-8-15(19-11(3)18-14)21-16-7-10(2)23-22-16/h4-8H,1-3H3,(H2,18,19,20,21,22). The number of aryl methyl sites for hydroxylation is 3. The molecule has 3 rings (SSSR count). The first kappa shape index (κ1) is 15.5. The number of hydrogen-bond donors (Lipinski definition) is 2. The quantitative estimate of drug-likeness (QED) is 0.693. The third-order valence-electron chi connectivity index (χ3n) is 3.11. The maximum Gasteiger partial charge on any atom is 0.175 e. The number of nitrogens with zero attached hydrogens (tertiary/aromatic N) is 3. The molecule has 0 aliphatic heterocycles. The van der Waals surface area contributed by atoms with Crippen molar-refractivity contribution in [3.8, 4) is 0 Å². The van der Waals surface area contributed by atoms with Crippen LogP contribution in [-0.2, 0) is 0 Å². The number of benzene rings is 1. The Morgan fingerprint density at radius 3 is 2.30 bits per heavy atom. The van der Waals surface area contributed by atoms with Gasteiger partial charge in [-0.15, -0.1) is 0 Å². The monoisotopic (exact) mass is 373 g/mol. The molecule has 0 radical (unpaired) electrons. The number of halogens is 1. The fourth-order valence-electron chi connectivity index (χ4n) is 2.11. The topological polar surface area (TPSA) is 75.9 Å². The summed E-state index contributed by atoms with van der Waals surface area (Å²) in [6, 6.07) is 9.72. The minimum atomic E-state index is 0.614. The first-order valence-corrected chi connectivity index (χ1v) is 7.88. The molecule has 118 valence electrons. The summed E-state index contributed by atoms with van der Waals surface area (Å²) in [6.07, 6.45) is 0. The molecule has 23 heavy (non-hydrogen) atoms. The van der Waals surface area contributed by atoms with Crippen LogP contribution in [0.3, 0.4) is 0 Å². The zero-order valence-corrected chi connectivity index (χ0v) is 14.6. The van der Waals surface area contributed by atoms with Crippen LogP contribution in [0.1, 0.15) is 17.1 Å². The smallest absolute Gasteiger partial charge is 0.175 e. The highest BCUT2D eigenvalue weighted by Gasteiger charge is 2.07. The van der Waals surface area contributed by atoms with Crippen LogP contribution < -0.4 is 10.6 Å². The van der Waals surface area contributed by atoms with Crippen LogP contribution in [0.25, 0.3) is 0 Å². The summed E-state index contributed by atoms with van der Waals surface area (Å²) < 4.78 is 6.02. The molecule has 7 heteroatoms. The number of hydrogen-bond acceptors (Lipinski definition) is 6. The predicted octanol–water partition coefficient (Wildman–Crippen LogP) is 4.64. The van der Waals surface area contributed by atoms with Gasteiger partial charge >= 0.3 is 0 Å². The number of rotatable bonds is 4. The van der Waals surface area contributed by atoms with Crippen molar-refractivity contribution in [1.82, 2.24) is 15.1 Å². The zero-order chi connectivity index (χ0) is 16.4. The van der Waals surface area contributed by atoms with Crippen molar-refractivity contribution in [2.75, 3.05) is 10.6 Å². The SMILES string of the molecule is Cc1ccc(Nc2cc(Nc3cc(C)on3)nc(C)n2)c(Br)c1. The minimum Gasteiger partial charge on any atom is -0.360 e. The Morgan fingerprint density at radius 1 is 0.913 bits per heavy atom. The van der Waals surface area contributed by atoms with Crippen LogP contribution in [0.15, 0.2) is 39.3 Å². The van der Waals surface area contributed by atoms with Crippen molar-refractivity contribution in [3.05, 3.63) is 52.0 Å². The molecule has 2 heterocycles. The normalized spacial score (nSPS) is 10.6. The van der Waals surface area contributed by atoms with E-state index in [1.165, 1.54) is 5.56 Å². The second-order valence-corrected chi connectivity index (χ2v) is 6.10. The molecule has 2 aromatic heterocycles. The Balaban J connectivity index is 1.85. The Hall–Kier alpha value is -2.41. The molecule has 6 nitrogen and oxygen atoms in total. The van der Waals surface area contributed by atoms with Crippen molar-refractivity contribution >= 4 is 39.1 Å². The molecule has 0 saturated heterocycles. The van der Waals surface area contributed by atoms with Gasteiger partial charge in [-0.3, -0.25) is 0 Å². The van der Waals surface area contributed by atoms with Crippen molar-refractivity contribution in [3.63, 3.8) is 0 Å². The first-order valence-electron chi connectivity index (χ1n) is 7.09. The molecule has 0 atom stereocenters. The van der Waals surface area contributed by atoms with E-state index in [0.29, 0.717) is 23.3 Å². The summed E-state index contributed by atoms with van der Waals surface area (Å²) >= 11 is 3.55. The summed E-state index contributed by atoms with van der Waals surface area (Å²) in [6.45, 7) is 5.73. The van der Waals surface area contributed by atoms with Crippen LogP contribution >= 0.6 is 15.9 Å². The average Bonchev–Trinajstić information content (AvgIpc) is 2.86. The summed E-state index contributed by atoms with van der Waals surface area (Å²) in [7, 11) is 0. The van der Waals surface area contributed by atoms with Crippen molar-refractivity contribution < 1.29 is 4.52 Å². The van der Waals surface area contributed by atoms with Gasteiger partial charge in [-0.25, -0.2) is 9.97 Å². The zero-order valence-electron chi connectivity index (χ0n) is 13.0. The summed E-state index contributed by atoms with van der Waals surface area (Å²) in [5.41, 5.74) is 2.13. The van der Waals surface area contributed by atoms with Gasteiger partial charge in [-0.05, 0) is 54.4 Å². The van der Waals surface area contributed by atoms with E-state index in [4.69, 9.17) is 4.52 Å². The van der Waals surface area contributed by atoms with Crippen molar-refractivity contribution in [1.29, 1.82) is 0 Å². The predicted molar refractivity (Wildman–Crippen MR) is 93.5 cm³/mol. The molecular weight excluding hydrogens is 358 g/mol. The maximum atomic E-state index is 5.04. The molecule has 0 aliphatic carbocycles. The maximum absolute atomic E-state index is 5.04. The van der Waals surface area contributed by atoms with E-state index in [-0.39, 0.29) is 0 Å². The van der Waals surface area contributed by atoms with Gasteiger partial charge < -0.3 is 15.2 Å². The van der Waals surface area contributed by atoms with E-state index < -0.39 is 0 Å². The van der Waals surface area contributed by atoms with Crippen LogP contribution in [0.2, 0.25) is 0 Å². The van der Waals surface area contributed by atoms with Crippen molar-refractivity contribution in [2.45, 2.75) is 20.8 Å². The van der Waals surface area contributed by atoms with Crippen LogP contribution in [0.4, 0.5) is 23.1 Å². The van der Waals surface area contributed by atoms with Crippen LogP contribution in [-0.4, -0.2) is 15.1 Å². The van der Waals surface area contributed by atoms with Gasteiger partial charge in [0.25, 0.3) is 0 Å². The van der Waals surface area contributed by atoms with Gasteiger partial charge in [0.1, 0.15) is 23.2 Å². The lowest BCUT2D eigenvalue weighted by Crippen LogP contribution is -2.02. The molecule has 2 N–H and O–H groups in total. The van der Waals surface area contributed by atoms with E-state index in [9.17, 15) is 0 Å². The lowest BCUT2D eigenvalue weighted by atomic mass is 10.2. The van der Waals surface area contributed by atoms with Crippen LogP contribution in [0, 0.1) is 20.8 Å². The van der Waals surface area contributed by atoms with Gasteiger partial charge in [0.05, 0.1) is 5.69 Å². The van der Waals surface area contributed by atoms with Gasteiger partial charge in [-0.1, -0.05) is 11.2 Å². The molecule has 0 fully saturated rings. The second-order valence-electron chi connectivity index (χ2n) is 5.24. The molecular formula is C16H16BrN5O. The lowest BCUT2D eigenvalue weighted by molar-refractivity contribution is 0.400. The second kappa shape index (κ2) is 6.37. The molecule has 0 aliphatic rings. The molecule has 3 aromatic rings. The summed E-state index contributed by atoms with van der Waals surface area (Å²) in [4.78, 5) is 8.77. The molecule has 0 saturated carbocycles. The van der Waals surface area contributed by atoms with E-state index >= 15 is 0 Å². The minimum absolute atomic E-state index is 0.614. The Labute approximate surface area is 142 Å². The van der Waals surface area contributed by atoms with Gasteiger partial charge in [-0.2, -0.15) is 0 Å². The van der Waals surface area contributed by atoms with E-state index in [2.05, 4.69) is 41.7 Å². The van der Waals surface area contributed by atoms with Crippen molar-refractivity contribution in [2.24, 2.45) is 0 Å². The van der Waals surface area contributed by atoms with E-state index in [0.717, 1.165) is 15.9 Å². The van der Waals surface area contributed by atoms with Gasteiger partial charge in [0, 0.05) is 16.6 Å². The van der Waals surface area contributed by atoms with Crippen LogP contribution in [0.5, 0.6) is 0 Å². The lowest BCUT2D eigenvalue weighted by Gasteiger charge is -2.10. The largest absolute Gasteiger partial charge is 0.360 e. The highest BCUT2D eigenvalue weighted by atomic mass is 79.9. The molecule has 0 bridgehead atoms. The highest BCUT2D eigenvalue weighted by molar-refractivity contribution is 9.10. The Kier molecular flexibility index (Phi) is 4.29. The number of nitrogens with one attached hydrogen (secondary N) is 2. The van der Waals surface area contributed by atoms with E-state index in [1.807, 2.05) is 45.0 Å². The van der Waals surface area contributed by atoms with E-state index in [1.54, 1.807) is 6.07 Å². The third kappa shape index (κ3) is 3.87. The third-order valence-corrected chi connectivity index (χ3v) is 3.77. The number of aromatic nitrogens is 3. The number of anilines is 4. The Morgan fingerprint density at radius 2 is 1.65 bits per heavy atom. The highest BCUT2D eigenvalue weighted by Crippen LogP contribution is 2.27. The summed E-state index contributed by atoms with van der Waals surface area (Å²) in [5.74, 6) is 3.35. The summed E-state index contributed by atoms with van der Waals surface area (Å²) in [5, 5.41) is 10.3. The average molecular weight is 374 g/mol. The fourth-order valence-corrected chi connectivity index (χ4v) is 2.70. The molecule has 0 unspecified atom stereocenters. The first-order chi connectivity index (χ1) is 11.0. The molecule has 1 aromatic carbocycles.